The van der Waals surface area contributed by atoms with Gasteiger partial charge in [0.1, 0.15) is 11.1 Å². The first kappa shape index (κ1) is 10.3. The van der Waals surface area contributed by atoms with E-state index in [1.807, 2.05) is 0 Å². The fraction of sp³-hybridized carbons (Fsp3) is 0.222. The maximum atomic E-state index is 13.3. The summed E-state index contributed by atoms with van der Waals surface area (Å²) in [6.45, 7) is 0. The van der Waals surface area contributed by atoms with Crippen molar-refractivity contribution in [2.24, 2.45) is 0 Å². The van der Waals surface area contributed by atoms with Crippen LogP contribution in [0.25, 0.3) is 0 Å². The van der Waals surface area contributed by atoms with E-state index in [1.54, 1.807) is 12.1 Å². The minimum Gasteiger partial charge on any atom is -0.280 e. The van der Waals surface area contributed by atoms with E-state index in [-0.39, 0.29) is 5.82 Å². The second-order valence-electron chi connectivity index (χ2n) is 2.90. The molecule has 0 aliphatic carbocycles. The Morgan fingerprint density at radius 3 is 2.79 bits per heavy atom. The quantitative estimate of drug-likeness (QED) is 0.562. The lowest BCUT2D eigenvalue weighted by molar-refractivity contribution is -0.111. The number of hydrogen-bond donors (Lipinski definition) is 0. The molecule has 1 aliphatic rings. The topological polar surface area (TPSA) is 17.1 Å². The van der Waals surface area contributed by atoms with Gasteiger partial charge in [-0.25, -0.2) is 4.39 Å². The smallest absolute Gasteiger partial charge is 0.236 e. The summed E-state index contributed by atoms with van der Waals surface area (Å²) in [5, 5.41) is -1.78. The van der Waals surface area contributed by atoms with Crippen molar-refractivity contribution in [1.82, 2.24) is 0 Å². The number of carbonyl (C=O) groups excluding carboxylic acids is 1. The molecule has 0 aromatic heterocycles. The van der Waals surface area contributed by atoms with E-state index in [0.29, 0.717) is 10.5 Å². The van der Waals surface area contributed by atoms with Gasteiger partial charge in [-0.05, 0) is 23.7 Å². The van der Waals surface area contributed by atoms with Gasteiger partial charge in [0.25, 0.3) is 0 Å². The van der Waals surface area contributed by atoms with E-state index in [2.05, 4.69) is 0 Å². The second kappa shape index (κ2) is 3.72. The van der Waals surface area contributed by atoms with Crippen LogP contribution in [0.2, 0.25) is 0 Å². The second-order valence-corrected chi connectivity index (χ2v) is 4.92. The molecule has 1 aromatic carbocycles. The number of thioether (sulfide) groups is 1. The van der Waals surface area contributed by atoms with Gasteiger partial charge in [0, 0.05) is 10.5 Å². The Balaban J connectivity index is 2.46. The average Bonchev–Trinajstić information content (AvgIpc) is 2.45. The lowest BCUT2D eigenvalue weighted by Crippen LogP contribution is -2.12. The molecule has 0 fully saturated rings. The van der Waals surface area contributed by atoms with E-state index in [0.717, 1.165) is 0 Å². The maximum absolute atomic E-state index is 13.3. The molecule has 14 heavy (non-hydrogen) atoms. The Kier molecular flexibility index (Phi) is 2.73. The minimum atomic E-state index is -0.666. The highest BCUT2D eigenvalue weighted by molar-refractivity contribution is 8.01. The molecule has 0 radical (unpaired) electrons. The Bertz CT molecular complexity index is 396. The number of halogens is 3. The van der Waals surface area contributed by atoms with Crippen LogP contribution in [0.5, 0.6) is 0 Å². The zero-order valence-corrected chi connectivity index (χ0v) is 9.17. The maximum Gasteiger partial charge on any atom is 0.236 e. The third-order valence-electron chi connectivity index (χ3n) is 2.03. The van der Waals surface area contributed by atoms with Crippen LogP contribution in [0, 0.1) is 5.82 Å². The van der Waals surface area contributed by atoms with E-state index >= 15 is 0 Å². The lowest BCUT2D eigenvalue weighted by atomic mass is 10.1. The summed E-state index contributed by atoms with van der Waals surface area (Å²) in [7, 11) is 0. The first-order valence-corrected chi connectivity index (χ1v) is 5.59. The van der Waals surface area contributed by atoms with Crippen molar-refractivity contribution in [3.8, 4) is 0 Å². The predicted molar refractivity (Wildman–Crippen MR) is 55.5 cm³/mol. The third-order valence-corrected chi connectivity index (χ3v) is 4.37. The first-order valence-electron chi connectivity index (χ1n) is 3.89. The van der Waals surface area contributed by atoms with Crippen LogP contribution in [0.1, 0.15) is 10.9 Å². The van der Waals surface area contributed by atoms with Crippen LogP contribution in [0.4, 0.5) is 4.39 Å². The zero-order valence-electron chi connectivity index (χ0n) is 6.84. The lowest BCUT2D eigenvalue weighted by Gasteiger charge is -2.07. The molecular formula is C9H5Cl2FOS. The average molecular weight is 251 g/mol. The number of rotatable bonds is 1. The van der Waals surface area contributed by atoms with Gasteiger partial charge in [-0.1, -0.05) is 6.07 Å². The van der Waals surface area contributed by atoms with Crippen molar-refractivity contribution < 1.29 is 9.18 Å². The fourth-order valence-corrected chi connectivity index (χ4v) is 3.41. The number of alkyl halides is 1. The molecule has 0 amide bonds. The van der Waals surface area contributed by atoms with Gasteiger partial charge in [0.2, 0.25) is 5.24 Å². The molecule has 0 saturated carbocycles. The van der Waals surface area contributed by atoms with Gasteiger partial charge in [-0.15, -0.1) is 23.4 Å². The van der Waals surface area contributed by atoms with Crippen LogP contribution < -0.4 is 0 Å². The van der Waals surface area contributed by atoms with Gasteiger partial charge >= 0.3 is 0 Å². The summed E-state index contributed by atoms with van der Waals surface area (Å²) in [6.07, 6.45) is 0. The van der Waals surface area contributed by atoms with Gasteiger partial charge in [0.05, 0.1) is 5.38 Å². The summed E-state index contributed by atoms with van der Waals surface area (Å²) in [5.41, 5.74) is 0.387. The molecule has 74 valence electrons. The molecule has 2 unspecified atom stereocenters. The van der Waals surface area contributed by atoms with Gasteiger partial charge in [-0.2, -0.15) is 0 Å². The Labute approximate surface area is 94.6 Å². The minimum absolute atomic E-state index is 0.379. The Hall–Kier alpha value is -0.250. The summed E-state index contributed by atoms with van der Waals surface area (Å²) in [4.78, 5) is 11.7. The first-order chi connectivity index (χ1) is 6.61. The van der Waals surface area contributed by atoms with Gasteiger partial charge in [-0.3, -0.25) is 4.79 Å². The Morgan fingerprint density at radius 2 is 2.21 bits per heavy atom. The Morgan fingerprint density at radius 1 is 1.50 bits per heavy atom. The van der Waals surface area contributed by atoms with E-state index in [4.69, 9.17) is 23.2 Å². The number of fused-ring (bicyclic) bond motifs is 1. The number of carbonyl (C=O) groups is 1. The highest BCUT2D eigenvalue weighted by Crippen LogP contribution is 2.49. The molecule has 0 saturated heterocycles. The van der Waals surface area contributed by atoms with Crippen molar-refractivity contribution >= 4 is 40.2 Å². The number of hydrogen-bond acceptors (Lipinski definition) is 2. The molecule has 5 heteroatoms. The predicted octanol–water partition coefficient (Wildman–Crippen LogP) is 3.35. The third kappa shape index (κ3) is 1.53. The van der Waals surface area contributed by atoms with Crippen molar-refractivity contribution in [3.63, 3.8) is 0 Å². The molecule has 0 spiro atoms. The van der Waals surface area contributed by atoms with Gasteiger partial charge in [0.15, 0.2) is 0 Å². The SMILES string of the molecule is O=C(Cl)C1Sc2cccc(F)c2C1Cl. The molecular weight excluding hydrogens is 246 g/mol. The molecule has 0 bridgehead atoms. The summed E-state index contributed by atoms with van der Waals surface area (Å²) in [6, 6.07) is 4.65. The molecule has 2 atom stereocenters. The molecule has 1 heterocycles. The molecule has 1 nitrogen and oxygen atoms in total. The van der Waals surface area contributed by atoms with Crippen LogP contribution in [-0.2, 0) is 4.79 Å². The number of benzene rings is 1. The molecule has 1 aliphatic heterocycles. The van der Waals surface area contributed by atoms with Crippen molar-refractivity contribution in [2.45, 2.75) is 15.5 Å². The summed E-state index contributed by atoms with van der Waals surface area (Å²) >= 11 is 12.5. The van der Waals surface area contributed by atoms with E-state index in [1.165, 1.54) is 17.8 Å². The van der Waals surface area contributed by atoms with Gasteiger partial charge < -0.3 is 0 Å². The normalized spacial score (nSPS) is 24.8. The van der Waals surface area contributed by atoms with E-state index < -0.39 is 15.9 Å². The zero-order chi connectivity index (χ0) is 10.3. The highest BCUT2D eigenvalue weighted by Gasteiger charge is 2.37. The van der Waals surface area contributed by atoms with Crippen LogP contribution in [0.15, 0.2) is 23.1 Å². The van der Waals surface area contributed by atoms with Crippen molar-refractivity contribution in [1.29, 1.82) is 0 Å². The standard InChI is InChI=1S/C9H5Cl2FOS/c10-7-6-4(12)2-1-3-5(6)14-8(7)9(11)13/h1-3,7-8H. The van der Waals surface area contributed by atoms with Crippen molar-refractivity contribution in [2.75, 3.05) is 0 Å². The molecule has 1 aromatic rings. The van der Waals surface area contributed by atoms with Crippen LogP contribution >= 0.6 is 35.0 Å². The summed E-state index contributed by atoms with van der Waals surface area (Å²) in [5.74, 6) is -0.379. The highest BCUT2D eigenvalue weighted by atomic mass is 35.5. The fourth-order valence-electron chi connectivity index (χ4n) is 1.40. The van der Waals surface area contributed by atoms with Crippen LogP contribution in [0.3, 0.4) is 0 Å². The van der Waals surface area contributed by atoms with Crippen LogP contribution in [-0.4, -0.2) is 10.5 Å². The van der Waals surface area contributed by atoms with Crippen molar-refractivity contribution in [3.05, 3.63) is 29.6 Å². The molecule has 0 N–H and O–H groups in total. The largest absolute Gasteiger partial charge is 0.280 e. The summed E-state index contributed by atoms with van der Waals surface area (Å²) < 4.78 is 13.3. The monoisotopic (exact) mass is 250 g/mol. The van der Waals surface area contributed by atoms with E-state index in [9.17, 15) is 9.18 Å². The molecule has 2 rings (SSSR count).